The summed E-state index contributed by atoms with van der Waals surface area (Å²) < 4.78 is 1.81. The summed E-state index contributed by atoms with van der Waals surface area (Å²) in [6, 6.07) is 0. The van der Waals surface area contributed by atoms with Crippen LogP contribution < -0.4 is 5.32 Å². The first-order valence-electron chi connectivity index (χ1n) is 9.84. The Bertz CT molecular complexity index is 842. The van der Waals surface area contributed by atoms with E-state index in [1.807, 2.05) is 9.58 Å². The molecule has 2 aromatic rings. The van der Waals surface area contributed by atoms with Gasteiger partial charge in [-0.2, -0.15) is 5.10 Å². The van der Waals surface area contributed by atoms with Gasteiger partial charge in [0.1, 0.15) is 5.52 Å². The van der Waals surface area contributed by atoms with Crippen LogP contribution in [0.5, 0.6) is 0 Å². The number of fused-ring (bicyclic) bond motifs is 1. The smallest absolute Gasteiger partial charge is 0.225 e. The van der Waals surface area contributed by atoms with Crippen molar-refractivity contribution in [1.82, 2.24) is 30.0 Å². The van der Waals surface area contributed by atoms with Gasteiger partial charge < -0.3 is 10.2 Å². The lowest BCUT2D eigenvalue weighted by atomic mass is 10.0. The molecule has 144 valence electrons. The molecule has 3 heterocycles. The lowest BCUT2D eigenvalue weighted by Gasteiger charge is -2.20. The van der Waals surface area contributed by atoms with Crippen molar-refractivity contribution in [1.29, 1.82) is 0 Å². The van der Waals surface area contributed by atoms with Crippen molar-refractivity contribution in [3.63, 3.8) is 0 Å². The second kappa shape index (κ2) is 7.62. The van der Waals surface area contributed by atoms with Crippen molar-refractivity contribution in [2.75, 3.05) is 19.6 Å². The second-order valence-corrected chi connectivity index (χ2v) is 7.57. The van der Waals surface area contributed by atoms with Gasteiger partial charge in [-0.15, -0.1) is 0 Å². The molecule has 8 nitrogen and oxygen atoms in total. The topological polar surface area (TPSA) is 93.0 Å². The highest BCUT2D eigenvalue weighted by Gasteiger charge is 2.35. The van der Waals surface area contributed by atoms with E-state index >= 15 is 0 Å². The van der Waals surface area contributed by atoms with E-state index in [1.165, 1.54) is 19.8 Å². The van der Waals surface area contributed by atoms with Gasteiger partial charge in [0.25, 0.3) is 0 Å². The molecule has 2 aromatic heterocycles. The molecule has 1 atom stereocenters. The van der Waals surface area contributed by atoms with Crippen molar-refractivity contribution >= 4 is 23.0 Å². The zero-order valence-corrected chi connectivity index (χ0v) is 15.7. The molecule has 1 saturated heterocycles. The molecule has 2 amide bonds. The van der Waals surface area contributed by atoms with E-state index in [9.17, 15) is 9.59 Å². The van der Waals surface area contributed by atoms with Gasteiger partial charge in [0.15, 0.2) is 5.65 Å². The van der Waals surface area contributed by atoms with Crippen molar-refractivity contribution in [3.8, 4) is 0 Å². The Kier molecular flexibility index (Phi) is 5.05. The molecular weight excluding hydrogens is 344 g/mol. The summed E-state index contributed by atoms with van der Waals surface area (Å²) in [7, 11) is 0. The SMILES string of the molecule is CC(=O)NCCn1nc(C2CCN(C(=O)C3CCCC3)C2)c2nccnc21. The maximum Gasteiger partial charge on any atom is 0.225 e. The molecule has 2 aliphatic rings. The molecule has 0 spiro atoms. The number of nitrogens with zero attached hydrogens (tertiary/aromatic N) is 5. The highest BCUT2D eigenvalue weighted by Crippen LogP contribution is 2.33. The highest BCUT2D eigenvalue weighted by molar-refractivity contribution is 5.80. The molecule has 0 bridgehead atoms. The number of hydrogen-bond acceptors (Lipinski definition) is 5. The molecule has 0 radical (unpaired) electrons. The van der Waals surface area contributed by atoms with Crippen LogP contribution in [0.25, 0.3) is 11.2 Å². The average Bonchev–Trinajstić information content (AvgIpc) is 3.41. The Hall–Kier alpha value is -2.51. The predicted octanol–water partition coefficient (Wildman–Crippen LogP) is 1.47. The minimum atomic E-state index is -0.0605. The van der Waals surface area contributed by atoms with E-state index in [4.69, 9.17) is 5.10 Å². The van der Waals surface area contributed by atoms with Gasteiger partial charge in [0.2, 0.25) is 11.8 Å². The van der Waals surface area contributed by atoms with Crippen molar-refractivity contribution < 1.29 is 9.59 Å². The van der Waals surface area contributed by atoms with Crippen LogP contribution in [-0.4, -0.2) is 56.1 Å². The summed E-state index contributed by atoms with van der Waals surface area (Å²) in [4.78, 5) is 34.8. The molecular formula is C19H26N6O2. The molecule has 1 N–H and O–H groups in total. The zero-order chi connectivity index (χ0) is 18.8. The average molecular weight is 370 g/mol. The van der Waals surface area contributed by atoms with E-state index in [2.05, 4.69) is 15.3 Å². The number of nitrogens with one attached hydrogen (secondary N) is 1. The Morgan fingerprint density at radius 1 is 1.19 bits per heavy atom. The molecule has 1 aliphatic carbocycles. The highest BCUT2D eigenvalue weighted by atomic mass is 16.2. The predicted molar refractivity (Wildman–Crippen MR) is 99.9 cm³/mol. The Balaban J connectivity index is 1.51. The first kappa shape index (κ1) is 17.9. The van der Waals surface area contributed by atoms with Crippen LogP contribution >= 0.6 is 0 Å². The third-order valence-corrected chi connectivity index (χ3v) is 5.68. The zero-order valence-electron chi connectivity index (χ0n) is 15.7. The van der Waals surface area contributed by atoms with Gasteiger partial charge >= 0.3 is 0 Å². The fraction of sp³-hybridized carbons (Fsp3) is 0.632. The van der Waals surface area contributed by atoms with Crippen LogP contribution in [0.4, 0.5) is 0 Å². The fourth-order valence-corrected chi connectivity index (χ4v) is 4.31. The van der Waals surface area contributed by atoms with Crippen molar-refractivity contribution in [2.24, 2.45) is 5.92 Å². The van der Waals surface area contributed by atoms with Crippen molar-refractivity contribution in [2.45, 2.75) is 51.5 Å². The molecule has 1 saturated carbocycles. The molecule has 8 heteroatoms. The number of carbonyl (C=O) groups excluding carboxylic acids is 2. The summed E-state index contributed by atoms with van der Waals surface area (Å²) in [5, 5.41) is 7.55. The standard InChI is InChI=1S/C19H26N6O2/c1-13(26)20-9-11-25-18-17(21-7-8-22-18)16(23-25)15-6-10-24(12-15)19(27)14-4-2-3-5-14/h7-8,14-15H,2-6,9-12H2,1H3,(H,20,26). The molecule has 1 unspecified atom stereocenters. The number of hydrogen-bond donors (Lipinski definition) is 1. The molecule has 2 fully saturated rings. The fourth-order valence-electron chi connectivity index (χ4n) is 4.31. The second-order valence-electron chi connectivity index (χ2n) is 7.57. The summed E-state index contributed by atoms with van der Waals surface area (Å²) in [6.45, 7) is 4.05. The number of aromatic nitrogens is 4. The van der Waals surface area contributed by atoms with E-state index in [1.54, 1.807) is 12.4 Å². The Morgan fingerprint density at radius 3 is 2.74 bits per heavy atom. The maximum atomic E-state index is 12.7. The van der Waals surface area contributed by atoms with Gasteiger partial charge in [0.05, 0.1) is 12.2 Å². The summed E-state index contributed by atoms with van der Waals surface area (Å²) in [5.41, 5.74) is 2.46. The van der Waals surface area contributed by atoms with E-state index in [0.717, 1.165) is 42.7 Å². The Labute approximate surface area is 158 Å². The first-order valence-corrected chi connectivity index (χ1v) is 9.84. The summed E-state index contributed by atoms with van der Waals surface area (Å²) in [5.74, 6) is 0.664. The van der Waals surface area contributed by atoms with Gasteiger partial charge in [-0.1, -0.05) is 12.8 Å². The van der Waals surface area contributed by atoms with Crippen LogP contribution in [0.3, 0.4) is 0 Å². The summed E-state index contributed by atoms with van der Waals surface area (Å²) >= 11 is 0. The minimum Gasteiger partial charge on any atom is -0.354 e. The first-order chi connectivity index (χ1) is 13.1. The van der Waals surface area contributed by atoms with E-state index in [-0.39, 0.29) is 17.7 Å². The monoisotopic (exact) mass is 370 g/mol. The quantitative estimate of drug-likeness (QED) is 0.860. The van der Waals surface area contributed by atoms with Crippen molar-refractivity contribution in [3.05, 3.63) is 18.1 Å². The summed E-state index contributed by atoms with van der Waals surface area (Å²) in [6.07, 6.45) is 8.67. The third kappa shape index (κ3) is 3.65. The Morgan fingerprint density at radius 2 is 1.96 bits per heavy atom. The van der Waals surface area contributed by atoms with E-state index in [0.29, 0.717) is 25.5 Å². The van der Waals surface area contributed by atoms with Crippen LogP contribution in [0, 0.1) is 5.92 Å². The number of likely N-dealkylation sites (tertiary alicyclic amines) is 1. The molecule has 4 rings (SSSR count). The molecule has 0 aromatic carbocycles. The number of carbonyl (C=O) groups is 2. The molecule has 27 heavy (non-hydrogen) atoms. The normalized spacial score (nSPS) is 20.5. The van der Waals surface area contributed by atoms with Crippen LogP contribution in [-0.2, 0) is 16.1 Å². The van der Waals surface area contributed by atoms with Crippen LogP contribution in [0.15, 0.2) is 12.4 Å². The van der Waals surface area contributed by atoms with Gasteiger partial charge in [-0.25, -0.2) is 14.6 Å². The lowest BCUT2D eigenvalue weighted by molar-refractivity contribution is -0.134. The van der Waals surface area contributed by atoms with E-state index < -0.39 is 0 Å². The van der Waals surface area contributed by atoms with Crippen LogP contribution in [0.2, 0.25) is 0 Å². The number of rotatable bonds is 5. The van der Waals surface area contributed by atoms with Gasteiger partial charge in [-0.05, 0) is 19.3 Å². The minimum absolute atomic E-state index is 0.0605. The third-order valence-electron chi connectivity index (χ3n) is 5.68. The van der Waals surface area contributed by atoms with Crippen LogP contribution in [0.1, 0.15) is 50.6 Å². The van der Waals surface area contributed by atoms with Gasteiger partial charge in [0, 0.05) is 50.8 Å². The maximum absolute atomic E-state index is 12.7. The lowest BCUT2D eigenvalue weighted by Crippen LogP contribution is -2.33. The van der Waals surface area contributed by atoms with Gasteiger partial charge in [-0.3, -0.25) is 9.59 Å². The molecule has 1 aliphatic heterocycles. The number of amides is 2. The largest absolute Gasteiger partial charge is 0.354 e.